The second kappa shape index (κ2) is 7.66. The summed E-state index contributed by atoms with van der Waals surface area (Å²) in [6.45, 7) is 7.06. The molecular weight excluding hydrogens is 250 g/mol. The number of likely N-dealkylation sites (tertiary alicyclic amines) is 1. The number of aromatic nitrogens is 1. The van der Waals surface area contributed by atoms with Gasteiger partial charge in [-0.25, -0.2) is 4.98 Å². The van der Waals surface area contributed by atoms with Crippen molar-refractivity contribution >= 4 is 0 Å². The first-order valence-corrected chi connectivity index (χ1v) is 7.18. The van der Waals surface area contributed by atoms with E-state index in [4.69, 9.17) is 10.00 Å². The van der Waals surface area contributed by atoms with Crippen LogP contribution in [0, 0.1) is 11.3 Å². The van der Waals surface area contributed by atoms with Crippen molar-refractivity contribution in [1.29, 1.82) is 5.26 Å². The molecule has 0 bridgehead atoms. The van der Waals surface area contributed by atoms with E-state index in [-0.39, 0.29) is 6.10 Å². The van der Waals surface area contributed by atoms with Gasteiger partial charge >= 0.3 is 0 Å². The minimum Gasteiger partial charge on any atom is -0.487 e. The monoisotopic (exact) mass is 271 g/mol. The van der Waals surface area contributed by atoms with Gasteiger partial charge in [-0.15, -0.1) is 6.58 Å². The van der Waals surface area contributed by atoms with E-state index in [1.165, 1.54) is 25.9 Å². The number of ether oxygens (including phenoxy) is 1. The molecule has 1 aromatic rings. The second-order valence-electron chi connectivity index (χ2n) is 5.10. The van der Waals surface area contributed by atoms with Gasteiger partial charge in [0, 0.05) is 6.54 Å². The highest BCUT2D eigenvalue weighted by molar-refractivity contribution is 5.26. The fraction of sp³-hybridized carbons (Fsp3) is 0.500. The van der Waals surface area contributed by atoms with Crippen molar-refractivity contribution in [2.45, 2.75) is 31.8 Å². The lowest BCUT2D eigenvalue weighted by Crippen LogP contribution is -2.33. The normalized spacial score (nSPS) is 16.6. The van der Waals surface area contributed by atoms with Gasteiger partial charge in [0.1, 0.15) is 23.6 Å². The van der Waals surface area contributed by atoms with Crippen LogP contribution in [0.2, 0.25) is 0 Å². The minimum absolute atomic E-state index is 0.154. The van der Waals surface area contributed by atoms with Crippen LogP contribution in [-0.2, 0) is 0 Å². The summed E-state index contributed by atoms with van der Waals surface area (Å²) in [7, 11) is 0. The molecule has 4 nitrogen and oxygen atoms in total. The number of pyridine rings is 1. The van der Waals surface area contributed by atoms with Gasteiger partial charge in [0.05, 0.1) is 6.20 Å². The zero-order valence-electron chi connectivity index (χ0n) is 11.8. The molecule has 4 heteroatoms. The maximum absolute atomic E-state index is 8.75. The molecule has 0 radical (unpaired) electrons. The molecule has 1 fully saturated rings. The Labute approximate surface area is 120 Å². The Morgan fingerprint density at radius 1 is 1.45 bits per heavy atom. The topological polar surface area (TPSA) is 49.1 Å². The highest BCUT2D eigenvalue weighted by Gasteiger charge is 2.18. The highest BCUT2D eigenvalue weighted by Crippen LogP contribution is 2.16. The van der Waals surface area contributed by atoms with E-state index in [1.54, 1.807) is 12.3 Å². The predicted molar refractivity (Wildman–Crippen MR) is 78.5 cm³/mol. The third kappa shape index (κ3) is 4.36. The first kappa shape index (κ1) is 14.5. The van der Waals surface area contributed by atoms with Gasteiger partial charge in [-0.05, 0) is 50.9 Å². The molecule has 1 aliphatic heterocycles. The Morgan fingerprint density at radius 2 is 2.25 bits per heavy atom. The zero-order valence-corrected chi connectivity index (χ0v) is 11.8. The van der Waals surface area contributed by atoms with E-state index in [0.29, 0.717) is 5.69 Å². The van der Waals surface area contributed by atoms with Crippen LogP contribution >= 0.6 is 0 Å². The number of hydrogen-bond acceptors (Lipinski definition) is 4. The molecule has 1 saturated heterocycles. The SMILES string of the molecule is C=CCCC(CN1CCCC1)Oc1ccc(C#N)nc1. The number of nitriles is 1. The van der Waals surface area contributed by atoms with Crippen LogP contribution in [0.15, 0.2) is 31.0 Å². The lowest BCUT2D eigenvalue weighted by Gasteiger charge is -2.24. The molecule has 0 aromatic carbocycles. The molecule has 0 amide bonds. The van der Waals surface area contributed by atoms with Crippen LogP contribution in [0.5, 0.6) is 5.75 Å². The standard InChI is InChI=1S/C16H21N3O/c1-2-3-6-16(13-19-9-4-5-10-19)20-15-8-7-14(11-17)18-12-15/h2,7-8,12,16H,1,3-6,9-10,13H2. The molecule has 1 unspecified atom stereocenters. The van der Waals surface area contributed by atoms with Crippen molar-refractivity contribution in [3.63, 3.8) is 0 Å². The zero-order chi connectivity index (χ0) is 14.2. The van der Waals surface area contributed by atoms with E-state index in [1.807, 2.05) is 18.2 Å². The number of hydrogen-bond donors (Lipinski definition) is 0. The molecule has 0 aliphatic carbocycles. The third-order valence-electron chi connectivity index (χ3n) is 3.51. The van der Waals surface area contributed by atoms with Gasteiger partial charge in [-0.1, -0.05) is 6.08 Å². The van der Waals surface area contributed by atoms with Gasteiger partial charge in [0.15, 0.2) is 0 Å². The van der Waals surface area contributed by atoms with E-state index >= 15 is 0 Å². The molecule has 0 spiro atoms. The first-order chi connectivity index (χ1) is 9.81. The molecule has 2 rings (SSSR count). The van der Waals surface area contributed by atoms with E-state index in [0.717, 1.165) is 25.1 Å². The van der Waals surface area contributed by atoms with Crippen molar-refractivity contribution in [2.24, 2.45) is 0 Å². The number of nitrogens with zero attached hydrogens (tertiary/aromatic N) is 3. The molecule has 0 N–H and O–H groups in total. The Bertz CT molecular complexity index is 458. The summed E-state index contributed by atoms with van der Waals surface area (Å²) in [4.78, 5) is 6.49. The van der Waals surface area contributed by atoms with Gasteiger partial charge in [-0.2, -0.15) is 5.26 Å². The smallest absolute Gasteiger partial charge is 0.140 e. The predicted octanol–water partition coefficient (Wildman–Crippen LogP) is 2.76. The van der Waals surface area contributed by atoms with E-state index in [9.17, 15) is 0 Å². The fourth-order valence-corrected chi connectivity index (χ4v) is 2.45. The molecule has 20 heavy (non-hydrogen) atoms. The van der Waals surface area contributed by atoms with Crippen molar-refractivity contribution in [2.75, 3.05) is 19.6 Å². The number of allylic oxidation sites excluding steroid dienone is 1. The van der Waals surface area contributed by atoms with Gasteiger partial charge in [0.2, 0.25) is 0 Å². The van der Waals surface area contributed by atoms with Gasteiger partial charge in [-0.3, -0.25) is 4.90 Å². The van der Waals surface area contributed by atoms with Crippen LogP contribution in [0.4, 0.5) is 0 Å². The molecule has 1 aromatic heterocycles. The van der Waals surface area contributed by atoms with E-state index < -0.39 is 0 Å². The third-order valence-corrected chi connectivity index (χ3v) is 3.51. The molecule has 1 atom stereocenters. The Hall–Kier alpha value is -1.86. The van der Waals surface area contributed by atoms with Crippen LogP contribution in [0.1, 0.15) is 31.4 Å². The van der Waals surface area contributed by atoms with Crippen LogP contribution in [-0.4, -0.2) is 35.6 Å². The quantitative estimate of drug-likeness (QED) is 0.715. The average molecular weight is 271 g/mol. The first-order valence-electron chi connectivity index (χ1n) is 7.18. The Morgan fingerprint density at radius 3 is 2.85 bits per heavy atom. The lowest BCUT2D eigenvalue weighted by atomic mass is 10.2. The highest BCUT2D eigenvalue weighted by atomic mass is 16.5. The molecule has 1 aliphatic rings. The summed E-state index contributed by atoms with van der Waals surface area (Å²) in [5.41, 5.74) is 0.416. The Balaban J connectivity index is 1.94. The molecule has 0 saturated carbocycles. The Kier molecular flexibility index (Phi) is 5.57. The van der Waals surface area contributed by atoms with Crippen LogP contribution in [0.3, 0.4) is 0 Å². The fourth-order valence-electron chi connectivity index (χ4n) is 2.45. The summed E-state index contributed by atoms with van der Waals surface area (Å²) < 4.78 is 6.02. The number of rotatable bonds is 7. The summed E-state index contributed by atoms with van der Waals surface area (Å²) >= 11 is 0. The summed E-state index contributed by atoms with van der Waals surface area (Å²) in [6, 6.07) is 5.52. The van der Waals surface area contributed by atoms with Crippen LogP contribution in [0.25, 0.3) is 0 Å². The average Bonchev–Trinajstić information content (AvgIpc) is 2.98. The summed E-state index contributed by atoms with van der Waals surface area (Å²) in [5, 5.41) is 8.75. The maximum atomic E-state index is 8.75. The van der Waals surface area contributed by atoms with Crippen LogP contribution < -0.4 is 4.74 Å². The van der Waals surface area contributed by atoms with Crippen molar-refractivity contribution in [3.05, 3.63) is 36.7 Å². The van der Waals surface area contributed by atoms with Crippen molar-refractivity contribution < 1.29 is 4.74 Å². The van der Waals surface area contributed by atoms with Crippen molar-refractivity contribution in [3.8, 4) is 11.8 Å². The lowest BCUT2D eigenvalue weighted by molar-refractivity contribution is 0.139. The minimum atomic E-state index is 0.154. The molecule has 106 valence electrons. The van der Waals surface area contributed by atoms with Gasteiger partial charge < -0.3 is 4.74 Å². The summed E-state index contributed by atoms with van der Waals surface area (Å²) in [5.74, 6) is 0.734. The second-order valence-corrected chi connectivity index (χ2v) is 5.10. The molecular formula is C16H21N3O. The van der Waals surface area contributed by atoms with E-state index in [2.05, 4.69) is 16.5 Å². The van der Waals surface area contributed by atoms with Crippen molar-refractivity contribution in [1.82, 2.24) is 9.88 Å². The maximum Gasteiger partial charge on any atom is 0.140 e. The summed E-state index contributed by atoms with van der Waals surface area (Å²) in [6.07, 6.45) is 8.18. The largest absolute Gasteiger partial charge is 0.487 e. The molecule has 2 heterocycles. The van der Waals surface area contributed by atoms with Gasteiger partial charge in [0.25, 0.3) is 0 Å².